The second kappa shape index (κ2) is 14.6. The van der Waals surface area contributed by atoms with Crippen LogP contribution in [0.25, 0.3) is 0 Å². The second-order valence-corrected chi connectivity index (χ2v) is 21.3. The third-order valence-corrected chi connectivity index (χ3v) is 17.6. The first kappa shape index (κ1) is 40.6. The Kier molecular flexibility index (Phi) is 7.68. The standard InChI is InChI=1S/C66H37B4N3O4/c1-3-17-38(18-4-1)71-48-25-11-7-21-40(48)67-44-33-46-60(76-58-31-15-29-56-64(58)69(46)42-23-9-13-27-54(42)74-56)36-50(44)73-51-37-61-47(70-43-24-10-14-28-55(43)75-57-30-16-32-59(77-61)65(57)70)34-45(51)68-41-22-8-12-26-49(41)72(39-19-5-2-6-20-39)53-35-52(71)62(67)66(73)63(53)68/h1-37H. The minimum absolute atomic E-state index is 0.106. The average Bonchev–Trinajstić information content (AvgIpc) is 3.66. The van der Waals surface area contributed by atoms with E-state index in [0.717, 1.165) is 124 Å². The van der Waals surface area contributed by atoms with Crippen LogP contribution in [0, 0.1) is 0 Å². The van der Waals surface area contributed by atoms with Crippen LogP contribution < -0.4 is 99.2 Å². The fourth-order valence-electron chi connectivity index (χ4n) is 14.7. The zero-order chi connectivity index (χ0) is 49.8. The summed E-state index contributed by atoms with van der Waals surface area (Å²) in [7, 11) is 0. The van der Waals surface area contributed by atoms with Crippen molar-refractivity contribution in [2.75, 3.05) is 14.7 Å². The number of rotatable bonds is 2. The van der Waals surface area contributed by atoms with Crippen molar-refractivity contribution in [1.82, 2.24) is 0 Å². The lowest BCUT2D eigenvalue weighted by atomic mass is 9.27. The van der Waals surface area contributed by atoms with E-state index in [9.17, 15) is 0 Å². The maximum absolute atomic E-state index is 7.22. The molecule has 8 aliphatic heterocycles. The number of fused-ring (bicyclic) bond motifs is 18. The van der Waals surface area contributed by atoms with E-state index < -0.39 is 0 Å². The molecule has 0 radical (unpaired) electrons. The smallest absolute Gasteiger partial charge is 0.260 e. The maximum Gasteiger partial charge on any atom is 0.260 e. The van der Waals surface area contributed by atoms with Gasteiger partial charge in [0, 0.05) is 74.2 Å². The van der Waals surface area contributed by atoms with Gasteiger partial charge in [-0.2, -0.15) is 0 Å². The van der Waals surface area contributed by atoms with Gasteiger partial charge in [0.15, 0.2) is 0 Å². The quantitative estimate of drug-likeness (QED) is 0.164. The van der Waals surface area contributed by atoms with Gasteiger partial charge in [-0.3, -0.25) is 0 Å². The summed E-state index contributed by atoms with van der Waals surface area (Å²) in [5.74, 6) is 6.73. The molecule has 77 heavy (non-hydrogen) atoms. The van der Waals surface area contributed by atoms with Crippen LogP contribution in [0.1, 0.15) is 0 Å². The highest BCUT2D eigenvalue weighted by molar-refractivity contribution is 7.06. The Bertz CT molecular complexity index is 4220. The van der Waals surface area contributed by atoms with Gasteiger partial charge in [0.1, 0.15) is 46.0 Å². The maximum atomic E-state index is 7.22. The minimum Gasteiger partial charge on any atom is -0.458 e. The van der Waals surface area contributed by atoms with Crippen molar-refractivity contribution >= 4 is 144 Å². The van der Waals surface area contributed by atoms with E-state index in [0.29, 0.717) is 0 Å². The lowest BCUT2D eigenvalue weighted by molar-refractivity contribution is 0.464. The highest BCUT2D eigenvalue weighted by atomic mass is 16.5. The Morgan fingerprint density at radius 2 is 0.584 bits per heavy atom. The van der Waals surface area contributed by atoms with E-state index in [-0.39, 0.29) is 26.9 Å². The Morgan fingerprint density at radius 1 is 0.221 bits per heavy atom. The van der Waals surface area contributed by atoms with Crippen LogP contribution in [0.3, 0.4) is 0 Å². The van der Waals surface area contributed by atoms with Crippen LogP contribution in [0.4, 0.5) is 51.2 Å². The molecule has 0 unspecified atom stereocenters. The van der Waals surface area contributed by atoms with Gasteiger partial charge in [-0.1, -0.05) is 133 Å². The molecule has 19 rings (SSSR count). The molecule has 0 fully saturated rings. The number of nitrogens with zero attached hydrogens (tertiary/aromatic N) is 3. The predicted octanol–water partition coefficient (Wildman–Crippen LogP) is 7.84. The van der Waals surface area contributed by atoms with Crippen molar-refractivity contribution in [3.05, 3.63) is 224 Å². The summed E-state index contributed by atoms with van der Waals surface area (Å²) < 4.78 is 27.8. The topological polar surface area (TPSA) is 46.6 Å². The van der Waals surface area contributed by atoms with Crippen LogP contribution in [0.5, 0.6) is 46.0 Å². The first-order valence-corrected chi connectivity index (χ1v) is 26.6. The van der Waals surface area contributed by atoms with Gasteiger partial charge in [-0.25, -0.2) is 0 Å². The van der Waals surface area contributed by atoms with Gasteiger partial charge in [0.25, 0.3) is 26.9 Å². The summed E-state index contributed by atoms with van der Waals surface area (Å²) in [5, 5.41) is 0. The Balaban J connectivity index is 0.963. The molecule has 0 amide bonds. The third kappa shape index (κ3) is 5.16. The molecular weight excluding hydrogens is 942 g/mol. The number of benzene rings is 11. The number of hydrogen-bond acceptors (Lipinski definition) is 7. The molecule has 8 aliphatic rings. The van der Waals surface area contributed by atoms with Gasteiger partial charge in [0.05, 0.1) is 0 Å². The number of anilines is 9. The molecule has 8 heterocycles. The molecule has 0 bridgehead atoms. The Labute approximate surface area is 445 Å². The molecule has 0 N–H and O–H groups in total. The molecule has 11 aromatic rings. The van der Waals surface area contributed by atoms with E-state index in [2.05, 4.69) is 227 Å². The van der Waals surface area contributed by atoms with Crippen LogP contribution in [-0.2, 0) is 0 Å². The summed E-state index contributed by atoms with van der Waals surface area (Å²) >= 11 is 0. The highest BCUT2D eigenvalue weighted by Gasteiger charge is 2.54. The fraction of sp³-hybridized carbons (Fsp3) is 0. The molecule has 11 heteroatoms. The SMILES string of the molecule is c1ccc(N2c3ccccc3B3c4cc5c(cc4N4c6cc7c(cc6B6c8ccccc8N(c8ccccc8)c8cc2c3c4c86)B2c3ccccc3Oc3cccc(c32)O7)Oc2cccc3c2B5c2ccccc2O3)cc1. The zero-order valence-corrected chi connectivity index (χ0v) is 41.1. The third-order valence-electron chi connectivity index (χ3n) is 17.6. The van der Waals surface area contributed by atoms with Crippen molar-refractivity contribution in [1.29, 1.82) is 0 Å². The van der Waals surface area contributed by atoms with Crippen molar-refractivity contribution in [3.63, 3.8) is 0 Å². The van der Waals surface area contributed by atoms with E-state index in [1.807, 2.05) is 12.1 Å². The first-order chi connectivity index (χ1) is 38.2. The summed E-state index contributed by atoms with van der Waals surface area (Å²) in [6.07, 6.45) is 0. The van der Waals surface area contributed by atoms with Crippen LogP contribution in [0.2, 0.25) is 0 Å². The molecule has 0 aliphatic carbocycles. The van der Waals surface area contributed by atoms with E-state index >= 15 is 0 Å². The van der Waals surface area contributed by atoms with Gasteiger partial charge in [-0.15, -0.1) is 0 Å². The monoisotopic (exact) mass is 979 g/mol. The van der Waals surface area contributed by atoms with Crippen molar-refractivity contribution in [2.24, 2.45) is 0 Å². The van der Waals surface area contributed by atoms with Crippen molar-refractivity contribution in [2.45, 2.75) is 0 Å². The largest absolute Gasteiger partial charge is 0.458 e. The molecule has 352 valence electrons. The molecule has 0 aromatic heterocycles. The van der Waals surface area contributed by atoms with Crippen LogP contribution in [-0.4, -0.2) is 26.9 Å². The Morgan fingerprint density at radius 3 is 1.04 bits per heavy atom. The molecule has 0 spiro atoms. The van der Waals surface area contributed by atoms with Crippen molar-refractivity contribution in [3.8, 4) is 46.0 Å². The van der Waals surface area contributed by atoms with Gasteiger partial charge in [0.2, 0.25) is 0 Å². The number of hydrogen-bond donors (Lipinski definition) is 0. The normalized spacial score (nSPS) is 14.7. The summed E-state index contributed by atoms with van der Waals surface area (Å²) in [4.78, 5) is 7.63. The lowest BCUT2D eigenvalue weighted by Crippen LogP contribution is -2.70. The van der Waals surface area contributed by atoms with Gasteiger partial charge >= 0.3 is 0 Å². The van der Waals surface area contributed by atoms with E-state index in [1.54, 1.807) is 0 Å². The minimum atomic E-state index is -0.146. The van der Waals surface area contributed by atoms with E-state index in [1.165, 1.54) is 38.5 Å². The Hall–Kier alpha value is -9.72. The fourth-order valence-corrected chi connectivity index (χ4v) is 14.7. The van der Waals surface area contributed by atoms with Crippen LogP contribution in [0.15, 0.2) is 224 Å². The predicted molar refractivity (Wildman–Crippen MR) is 315 cm³/mol. The average molecular weight is 979 g/mol. The van der Waals surface area contributed by atoms with Crippen molar-refractivity contribution < 1.29 is 18.9 Å². The number of para-hydroxylation sites is 6. The first-order valence-electron chi connectivity index (χ1n) is 26.6. The van der Waals surface area contributed by atoms with Gasteiger partial charge in [-0.05, 0) is 133 Å². The lowest BCUT2D eigenvalue weighted by Gasteiger charge is -2.51. The molecule has 0 saturated heterocycles. The zero-order valence-electron chi connectivity index (χ0n) is 41.1. The number of ether oxygens (including phenoxy) is 4. The molecular formula is C66H37B4N3O4. The van der Waals surface area contributed by atoms with Gasteiger partial charge < -0.3 is 33.6 Å². The van der Waals surface area contributed by atoms with E-state index in [4.69, 9.17) is 18.9 Å². The summed E-state index contributed by atoms with van der Waals surface area (Å²) in [5.41, 5.74) is 24.4. The summed E-state index contributed by atoms with van der Waals surface area (Å²) in [6, 6.07) is 81.7. The molecule has 0 atom stereocenters. The molecule has 7 nitrogen and oxygen atoms in total. The highest BCUT2D eigenvalue weighted by Crippen LogP contribution is 2.51. The summed E-state index contributed by atoms with van der Waals surface area (Å²) in [6.45, 7) is -0.503. The molecule has 0 saturated carbocycles. The molecule has 11 aromatic carbocycles. The second-order valence-electron chi connectivity index (χ2n) is 21.3. The van der Waals surface area contributed by atoms with Crippen LogP contribution >= 0.6 is 0 Å².